The second-order valence-electron chi connectivity index (χ2n) is 7.11. The highest BCUT2D eigenvalue weighted by atomic mass is 32.2. The first-order chi connectivity index (χ1) is 14.0. The molecule has 1 aliphatic heterocycles. The Kier molecular flexibility index (Phi) is 7.59. The topological polar surface area (TPSA) is 61.9 Å². The van der Waals surface area contributed by atoms with E-state index in [9.17, 15) is 8.42 Å². The molecule has 1 heterocycles. The highest BCUT2D eigenvalue weighted by Crippen LogP contribution is 2.28. The van der Waals surface area contributed by atoms with Gasteiger partial charge in [-0.1, -0.05) is 24.3 Å². The van der Waals surface area contributed by atoms with E-state index in [1.54, 1.807) is 35.3 Å². The first kappa shape index (κ1) is 22.1. The molecule has 158 valence electrons. The van der Waals surface area contributed by atoms with E-state index in [1.807, 2.05) is 37.6 Å². The number of ether oxygens (including phenoxy) is 1. The molecule has 1 N–H and O–H groups in total. The van der Waals surface area contributed by atoms with Crippen molar-refractivity contribution in [3.63, 3.8) is 0 Å². The summed E-state index contributed by atoms with van der Waals surface area (Å²) < 4.78 is 33.3. The van der Waals surface area contributed by atoms with Crippen molar-refractivity contribution in [2.75, 3.05) is 46.6 Å². The fourth-order valence-electron chi connectivity index (χ4n) is 3.40. The highest BCUT2D eigenvalue weighted by molar-refractivity contribution is 7.98. The van der Waals surface area contributed by atoms with Gasteiger partial charge in [-0.2, -0.15) is 4.31 Å². The molecule has 3 rings (SSSR count). The van der Waals surface area contributed by atoms with E-state index in [-0.39, 0.29) is 0 Å². The molecular weight excluding hydrogens is 406 g/mol. The van der Waals surface area contributed by atoms with E-state index < -0.39 is 10.0 Å². The predicted octanol–water partition coefficient (Wildman–Crippen LogP) is 2.64. The Morgan fingerprint density at radius 1 is 1.07 bits per heavy atom. The zero-order valence-electron chi connectivity index (χ0n) is 17.2. The molecule has 0 amide bonds. The molecule has 6 nitrogen and oxygen atoms in total. The van der Waals surface area contributed by atoms with Crippen molar-refractivity contribution in [1.29, 1.82) is 0 Å². The number of nitrogens with zero attached hydrogens (tertiary/aromatic N) is 2. The minimum absolute atomic E-state index is 0.400. The monoisotopic (exact) mass is 435 g/mol. The SMILES string of the molecule is COc1ccc(CNCc2ccccc2S(=O)(=O)N2CCN(C)CC2)cc1SC. The molecule has 0 aromatic heterocycles. The molecule has 2 aromatic carbocycles. The van der Waals surface area contributed by atoms with Crippen LogP contribution in [-0.2, 0) is 23.1 Å². The van der Waals surface area contributed by atoms with Crippen LogP contribution in [-0.4, -0.2) is 64.2 Å². The van der Waals surface area contributed by atoms with Crippen molar-refractivity contribution in [1.82, 2.24) is 14.5 Å². The lowest BCUT2D eigenvalue weighted by molar-refractivity contribution is 0.222. The van der Waals surface area contributed by atoms with Gasteiger partial charge in [0.2, 0.25) is 10.0 Å². The first-order valence-electron chi connectivity index (χ1n) is 9.64. The number of nitrogens with one attached hydrogen (secondary N) is 1. The molecule has 0 unspecified atom stereocenters. The van der Waals surface area contributed by atoms with Gasteiger partial charge < -0.3 is 15.0 Å². The fraction of sp³-hybridized carbons (Fsp3) is 0.429. The summed E-state index contributed by atoms with van der Waals surface area (Å²) in [6, 6.07) is 13.4. The lowest BCUT2D eigenvalue weighted by Crippen LogP contribution is -2.47. The Labute approximate surface area is 178 Å². The predicted molar refractivity (Wildman–Crippen MR) is 118 cm³/mol. The third kappa shape index (κ3) is 5.32. The second-order valence-corrected chi connectivity index (χ2v) is 9.86. The second kappa shape index (κ2) is 9.95. The molecule has 0 bridgehead atoms. The normalized spacial score (nSPS) is 16.1. The van der Waals surface area contributed by atoms with Crippen LogP contribution in [0.25, 0.3) is 0 Å². The summed E-state index contributed by atoms with van der Waals surface area (Å²) in [5, 5.41) is 3.39. The average molecular weight is 436 g/mol. The van der Waals surface area contributed by atoms with Crippen LogP contribution in [0, 0.1) is 0 Å². The van der Waals surface area contributed by atoms with E-state index in [1.165, 1.54) is 0 Å². The van der Waals surface area contributed by atoms with Crippen molar-refractivity contribution in [2.24, 2.45) is 0 Å². The summed E-state index contributed by atoms with van der Waals surface area (Å²) in [4.78, 5) is 3.64. The molecule has 29 heavy (non-hydrogen) atoms. The Hall–Kier alpha value is -1.58. The largest absolute Gasteiger partial charge is 0.496 e. The molecular formula is C21H29N3O3S2. The number of rotatable bonds is 8. The molecule has 1 aliphatic rings. The summed E-state index contributed by atoms with van der Waals surface area (Å²) in [7, 11) is 0.205. The van der Waals surface area contributed by atoms with Crippen LogP contribution >= 0.6 is 11.8 Å². The summed E-state index contributed by atoms with van der Waals surface area (Å²) in [5.74, 6) is 0.866. The Morgan fingerprint density at radius 3 is 2.48 bits per heavy atom. The minimum atomic E-state index is -3.48. The quantitative estimate of drug-likeness (QED) is 0.644. The average Bonchev–Trinajstić information content (AvgIpc) is 2.74. The van der Waals surface area contributed by atoms with Crippen molar-refractivity contribution < 1.29 is 13.2 Å². The van der Waals surface area contributed by atoms with Gasteiger partial charge in [0, 0.05) is 44.2 Å². The van der Waals surface area contributed by atoms with E-state index in [4.69, 9.17) is 4.74 Å². The van der Waals surface area contributed by atoms with E-state index >= 15 is 0 Å². The van der Waals surface area contributed by atoms with E-state index in [2.05, 4.69) is 16.3 Å². The van der Waals surface area contributed by atoms with Crippen LogP contribution in [0.1, 0.15) is 11.1 Å². The number of benzene rings is 2. The number of hydrogen-bond acceptors (Lipinski definition) is 6. The highest BCUT2D eigenvalue weighted by Gasteiger charge is 2.29. The van der Waals surface area contributed by atoms with Crippen molar-refractivity contribution in [3.8, 4) is 5.75 Å². The molecule has 0 saturated carbocycles. The molecule has 8 heteroatoms. The van der Waals surface area contributed by atoms with Gasteiger partial charge in [0.25, 0.3) is 0 Å². The number of methoxy groups -OCH3 is 1. The first-order valence-corrected chi connectivity index (χ1v) is 12.3. The van der Waals surface area contributed by atoms with Gasteiger partial charge in [0.1, 0.15) is 5.75 Å². The van der Waals surface area contributed by atoms with Gasteiger partial charge >= 0.3 is 0 Å². The lowest BCUT2D eigenvalue weighted by atomic mass is 10.2. The summed E-state index contributed by atoms with van der Waals surface area (Å²) in [6.45, 7) is 3.72. The van der Waals surface area contributed by atoms with Gasteiger partial charge in [-0.05, 0) is 42.6 Å². The standard InChI is InChI=1S/C21H29N3O3S2/c1-23-10-12-24(13-11-23)29(25,26)21-7-5-4-6-18(21)16-22-15-17-8-9-19(27-2)20(14-17)28-3/h4-9,14,22H,10-13,15-16H2,1-3H3. The van der Waals surface area contributed by atoms with Gasteiger partial charge in [-0.15, -0.1) is 11.8 Å². The van der Waals surface area contributed by atoms with Crippen molar-refractivity contribution >= 4 is 21.8 Å². The van der Waals surface area contributed by atoms with Crippen LogP contribution in [0.15, 0.2) is 52.3 Å². The van der Waals surface area contributed by atoms with E-state index in [0.717, 1.165) is 34.9 Å². The third-order valence-electron chi connectivity index (χ3n) is 5.15. The fourth-order valence-corrected chi connectivity index (χ4v) is 5.67. The molecule has 1 fully saturated rings. The lowest BCUT2D eigenvalue weighted by Gasteiger charge is -2.32. The van der Waals surface area contributed by atoms with Gasteiger partial charge in [0.15, 0.2) is 0 Å². The summed E-state index contributed by atoms with van der Waals surface area (Å²) >= 11 is 1.64. The maximum absolute atomic E-state index is 13.2. The van der Waals surface area contributed by atoms with Gasteiger partial charge in [-0.25, -0.2) is 8.42 Å². The van der Waals surface area contributed by atoms with Crippen LogP contribution < -0.4 is 10.1 Å². The van der Waals surface area contributed by atoms with Crippen molar-refractivity contribution in [2.45, 2.75) is 22.9 Å². The third-order valence-corrected chi connectivity index (χ3v) is 7.90. The zero-order valence-corrected chi connectivity index (χ0v) is 18.9. The molecule has 2 aromatic rings. The minimum Gasteiger partial charge on any atom is -0.496 e. The molecule has 1 saturated heterocycles. The van der Waals surface area contributed by atoms with Crippen molar-refractivity contribution in [3.05, 3.63) is 53.6 Å². The number of likely N-dealkylation sites (N-methyl/N-ethyl adjacent to an activating group) is 1. The van der Waals surface area contributed by atoms with Gasteiger partial charge in [0.05, 0.1) is 12.0 Å². The maximum Gasteiger partial charge on any atom is 0.243 e. The number of piperazine rings is 1. The van der Waals surface area contributed by atoms with Crippen LogP contribution in [0.2, 0.25) is 0 Å². The molecule has 0 aliphatic carbocycles. The molecule has 0 atom stereocenters. The van der Waals surface area contributed by atoms with Crippen LogP contribution in [0.5, 0.6) is 5.75 Å². The van der Waals surface area contributed by atoms with E-state index in [0.29, 0.717) is 31.1 Å². The van der Waals surface area contributed by atoms with Gasteiger partial charge in [-0.3, -0.25) is 0 Å². The molecule has 0 spiro atoms. The smallest absolute Gasteiger partial charge is 0.243 e. The Morgan fingerprint density at radius 2 is 1.79 bits per heavy atom. The van der Waals surface area contributed by atoms with Crippen LogP contribution in [0.4, 0.5) is 0 Å². The Balaban J connectivity index is 1.70. The number of thioether (sulfide) groups is 1. The Bertz CT molecular complexity index is 927. The van der Waals surface area contributed by atoms with Crippen LogP contribution in [0.3, 0.4) is 0 Å². The summed E-state index contributed by atoms with van der Waals surface area (Å²) in [6.07, 6.45) is 2.02. The number of sulfonamides is 1. The summed E-state index contributed by atoms with van der Waals surface area (Å²) in [5.41, 5.74) is 1.93. The number of hydrogen-bond donors (Lipinski definition) is 1. The molecule has 0 radical (unpaired) electrons. The zero-order chi connectivity index (χ0) is 20.9. The maximum atomic E-state index is 13.2.